The highest BCUT2D eigenvalue weighted by molar-refractivity contribution is 7.07. The second-order valence-electron chi connectivity index (χ2n) is 1.65. The Hall–Kier alpha value is -0.630. The van der Waals surface area contributed by atoms with Crippen LogP contribution in [0.15, 0.2) is 17.5 Å². The Bertz CT molecular complexity index is 176. The lowest BCUT2D eigenvalue weighted by atomic mass is 10.3. The van der Waals surface area contributed by atoms with Crippen molar-refractivity contribution in [1.29, 1.82) is 0 Å². The van der Waals surface area contributed by atoms with E-state index >= 15 is 0 Å². The van der Waals surface area contributed by atoms with Gasteiger partial charge >= 0.3 is 0 Å². The van der Waals surface area contributed by atoms with Crippen LogP contribution in [-0.4, -0.2) is 4.98 Å². The van der Waals surface area contributed by atoms with Gasteiger partial charge in [0.05, 0.1) is 11.2 Å². The maximum absolute atomic E-state index is 4.03. The van der Waals surface area contributed by atoms with E-state index in [0.717, 1.165) is 11.3 Å². The predicted molar refractivity (Wildman–Crippen MR) is 36.8 cm³/mol. The number of thiazole rings is 1. The summed E-state index contributed by atoms with van der Waals surface area (Å²) in [5.74, 6) is 0. The smallest absolute Gasteiger partial charge is 0.0798 e. The molecule has 42 valence electrons. The number of rotatable bonds is 1. The van der Waals surface area contributed by atoms with Crippen LogP contribution in [0.3, 0.4) is 0 Å². The highest BCUT2D eigenvalue weighted by atomic mass is 32.1. The summed E-state index contributed by atoms with van der Waals surface area (Å²) in [4.78, 5) is 4.03. The SMILES string of the molecule is C=C(C)c1cscn1. The molecule has 1 aromatic rings. The number of nitrogens with zero attached hydrogens (tertiary/aromatic N) is 1. The molecule has 0 fully saturated rings. The number of hydrogen-bond donors (Lipinski definition) is 0. The second kappa shape index (κ2) is 2.09. The van der Waals surface area contributed by atoms with E-state index in [4.69, 9.17) is 0 Å². The fourth-order valence-corrected chi connectivity index (χ4v) is 1.05. The maximum atomic E-state index is 4.03. The number of hydrogen-bond acceptors (Lipinski definition) is 2. The van der Waals surface area contributed by atoms with Crippen LogP contribution in [0.4, 0.5) is 0 Å². The quantitative estimate of drug-likeness (QED) is 0.560. The lowest BCUT2D eigenvalue weighted by Gasteiger charge is -1.85. The minimum atomic E-state index is 1.01. The molecule has 1 nitrogen and oxygen atoms in total. The van der Waals surface area contributed by atoms with Gasteiger partial charge in [-0.3, -0.25) is 0 Å². The molecule has 0 spiro atoms. The van der Waals surface area contributed by atoms with Crippen LogP contribution < -0.4 is 0 Å². The molecule has 2 heteroatoms. The van der Waals surface area contributed by atoms with E-state index in [2.05, 4.69) is 11.6 Å². The number of aromatic nitrogens is 1. The van der Waals surface area contributed by atoms with Gasteiger partial charge in [-0.2, -0.15) is 0 Å². The monoisotopic (exact) mass is 125 g/mol. The van der Waals surface area contributed by atoms with Gasteiger partial charge in [-0.25, -0.2) is 4.98 Å². The first-order valence-corrected chi connectivity index (χ1v) is 3.29. The van der Waals surface area contributed by atoms with Crippen LogP contribution in [-0.2, 0) is 0 Å². The Balaban J connectivity index is 2.93. The van der Waals surface area contributed by atoms with Gasteiger partial charge in [0.15, 0.2) is 0 Å². The fourth-order valence-electron chi connectivity index (χ4n) is 0.423. The van der Waals surface area contributed by atoms with E-state index in [-0.39, 0.29) is 0 Å². The standard InChI is InChI=1S/C6H7NS/c1-5(2)6-3-8-4-7-6/h3-4H,1H2,2H3. The summed E-state index contributed by atoms with van der Waals surface area (Å²) >= 11 is 1.60. The van der Waals surface area contributed by atoms with Gasteiger partial charge in [-0.1, -0.05) is 6.58 Å². The van der Waals surface area contributed by atoms with Crippen molar-refractivity contribution in [2.45, 2.75) is 6.92 Å². The summed E-state index contributed by atoms with van der Waals surface area (Å²) in [6.07, 6.45) is 0. The lowest BCUT2D eigenvalue weighted by molar-refractivity contribution is 1.35. The molecule has 0 aliphatic carbocycles. The lowest BCUT2D eigenvalue weighted by Crippen LogP contribution is -1.72. The van der Waals surface area contributed by atoms with Crippen LogP contribution in [0.2, 0.25) is 0 Å². The normalized spacial score (nSPS) is 9.12. The number of allylic oxidation sites excluding steroid dienone is 1. The van der Waals surface area contributed by atoms with Gasteiger partial charge in [-0.15, -0.1) is 11.3 Å². The Labute approximate surface area is 52.7 Å². The Morgan fingerprint density at radius 2 is 2.62 bits per heavy atom. The summed E-state index contributed by atoms with van der Waals surface area (Å²) in [6.45, 7) is 5.70. The molecule has 0 saturated carbocycles. The molecule has 0 radical (unpaired) electrons. The Morgan fingerprint density at radius 3 is 2.88 bits per heavy atom. The van der Waals surface area contributed by atoms with Crippen LogP contribution in [0.1, 0.15) is 12.6 Å². The summed E-state index contributed by atoms with van der Waals surface area (Å²) < 4.78 is 0. The first kappa shape index (κ1) is 5.51. The second-order valence-corrected chi connectivity index (χ2v) is 2.37. The highest BCUT2D eigenvalue weighted by Crippen LogP contribution is 2.09. The molecule has 0 amide bonds. The molecule has 0 atom stereocenters. The molecule has 0 bridgehead atoms. The first-order valence-electron chi connectivity index (χ1n) is 2.35. The van der Waals surface area contributed by atoms with E-state index < -0.39 is 0 Å². The van der Waals surface area contributed by atoms with Crippen molar-refractivity contribution in [1.82, 2.24) is 4.98 Å². The van der Waals surface area contributed by atoms with Gasteiger partial charge in [-0.05, 0) is 12.5 Å². The molecule has 1 heterocycles. The van der Waals surface area contributed by atoms with Crippen molar-refractivity contribution >= 4 is 16.9 Å². The molecule has 0 aliphatic heterocycles. The zero-order chi connectivity index (χ0) is 5.98. The van der Waals surface area contributed by atoms with Crippen molar-refractivity contribution in [2.75, 3.05) is 0 Å². The fraction of sp³-hybridized carbons (Fsp3) is 0.167. The third-order valence-corrected chi connectivity index (χ3v) is 1.46. The van der Waals surface area contributed by atoms with E-state index in [9.17, 15) is 0 Å². The van der Waals surface area contributed by atoms with Crippen LogP contribution in [0.5, 0.6) is 0 Å². The average molecular weight is 125 g/mol. The Morgan fingerprint density at radius 1 is 1.88 bits per heavy atom. The minimum absolute atomic E-state index is 1.01. The zero-order valence-electron chi connectivity index (χ0n) is 4.72. The van der Waals surface area contributed by atoms with Gasteiger partial charge < -0.3 is 0 Å². The molecule has 0 N–H and O–H groups in total. The maximum Gasteiger partial charge on any atom is 0.0798 e. The molecular formula is C6H7NS. The van der Waals surface area contributed by atoms with Crippen LogP contribution >= 0.6 is 11.3 Å². The van der Waals surface area contributed by atoms with Gasteiger partial charge in [0.25, 0.3) is 0 Å². The third kappa shape index (κ3) is 0.954. The predicted octanol–water partition coefficient (Wildman–Crippen LogP) is 2.18. The molecule has 1 rings (SSSR count). The minimum Gasteiger partial charge on any atom is -0.245 e. The topological polar surface area (TPSA) is 12.9 Å². The van der Waals surface area contributed by atoms with E-state index in [1.807, 2.05) is 17.8 Å². The van der Waals surface area contributed by atoms with E-state index in [1.165, 1.54) is 0 Å². The molecule has 0 aliphatic rings. The molecule has 8 heavy (non-hydrogen) atoms. The largest absolute Gasteiger partial charge is 0.245 e. The third-order valence-electron chi connectivity index (χ3n) is 0.870. The first-order chi connectivity index (χ1) is 3.80. The van der Waals surface area contributed by atoms with Crippen molar-refractivity contribution in [3.8, 4) is 0 Å². The summed E-state index contributed by atoms with van der Waals surface area (Å²) in [5, 5.41) is 1.99. The summed E-state index contributed by atoms with van der Waals surface area (Å²) in [6, 6.07) is 0. The Kier molecular flexibility index (Phi) is 1.44. The highest BCUT2D eigenvalue weighted by Gasteiger charge is 1.90. The van der Waals surface area contributed by atoms with Gasteiger partial charge in [0.1, 0.15) is 0 Å². The van der Waals surface area contributed by atoms with Crippen molar-refractivity contribution < 1.29 is 0 Å². The van der Waals surface area contributed by atoms with Crippen LogP contribution in [0.25, 0.3) is 5.57 Å². The zero-order valence-corrected chi connectivity index (χ0v) is 5.53. The van der Waals surface area contributed by atoms with Crippen molar-refractivity contribution in [3.63, 3.8) is 0 Å². The van der Waals surface area contributed by atoms with Crippen molar-refractivity contribution in [2.24, 2.45) is 0 Å². The molecular weight excluding hydrogens is 118 g/mol. The summed E-state index contributed by atoms with van der Waals surface area (Å²) in [5.41, 5.74) is 3.85. The van der Waals surface area contributed by atoms with Crippen molar-refractivity contribution in [3.05, 3.63) is 23.2 Å². The van der Waals surface area contributed by atoms with Crippen LogP contribution in [0, 0.1) is 0 Å². The summed E-state index contributed by atoms with van der Waals surface area (Å²) in [7, 11) is 0. The molecule has 0 aromatic carbocycles. The average Bonchev–Trinajstić information content (AvgIpc) is 2.12. The van der Waals surface area contributed by atoms with E-state index in [1.54, 1.807) is 11.3 Å². The van der Waals surface area contributed by atoms with Gasteiger partial charge in [0.2, 0.25) is 0 Å². The van der Waals surface area contributed by atoms with Gasteiger partial charge in [0, 0.05) is 5.38 Å². The van der Waals surface area contributed by atoms with E-state index in [0.29, 0.717) is 0 Å². The molecule has 0 unspecified atom stereocenters. The molecule has 1 aromatic heterocycles. The molecule has 0 saturated heterocycles.